The lowest BCUT2D eigenvalue weighted by atomic mass is 10.2. The van der Waals surface area contributed by atoms with Gasteiger partial charge < -0.3 is 0 Å². The predicted octanol–water partition coefficient (Wildman–Crippen LogP) is 4.16. The molecule has 0 radical (unpaired) electrons. The van der Waals surface area contributed by atoms with E-state index >= 15 is 0 Å². The third-order valence-corrected chi connectivity index (χ3v) is 7.23. The number of nitro groups is 1. The molecule has 0 heterocycles. The molecule has 3 aromatic carbocycles. The molecule has 9 nitrogen and oxygen atoms in total. The van der Waals surface area contributed by atoms with Crippen LogP contribution in [-0.2, 0) is 20.0 Å². The molecule has 3 aromatic rings. The first-order chi connectivity index (χ1) is 14.5. The van der Waals surface area contributed by atoms with Crippen molar-refractivity contribution in [1.82, 2.24) is 0 Å². The predicted molar refractivity (Wildman–Crippen MR) is 117 cm³/mol. The zero-order chi connectivity index (χ0) is 22.8. The smallest absolute Gasteiger partial charge is 0.269 e. The molecule has 162 valence electrons. The highest BCUT2D eigenvalue weighted by Gasteiger charge is 2.20. The van der Waals surface area contributed by atoms with Gasteiger partial charge >= 0.3 is 0 Å². The molecule has 31 heavy (non-hydrogen) atoms. The van der Waals surface area contributed by atoms with Crippen LogP contribution in [0.15, 0.2) is 76.5 Å². The summed E-state index contributed by atoms with van der Waals surface area (Å²) < 4.78 is 55.4. The van der Waals surface area contributed by atoms with Crippen molar-refractivity contribution in [2.45, 2.75) is 16.7 Å². The number of anilines is 2. The van der Waals surface area contributed by atoms with E-state index in [0.29, 0.717) is 10.6 Å². The van der Waals surface area contributed by atoms with Gasteiger partial charge in [0.2, 0.25) is 0 Å². The van der Waals surface area contributed by atoms with Crippen molar-refractivity contribution in [1.29, 1.82) is 0 Å². The monoisotopic (exact) mass is 481 g/mol. The Morgan fingerprint density at radius 2 is 1.35 bits per heavy atom. The number of nitrogens with one attached hydrogen (secondary N) is 2. The van der Waals surface area contributed by atoms with E-state index in [1.54, 1.807) is 6.92 Å². The number of nitro benzene ring substituents is 1. The summed E-state index contributed by atoms with van der Waals surface area (Å²) >= 11 is 5.80. The van der Waals surface area contributed by atoms with E-state index < -0.39 is 25.0 Å². The Morgan fingerprint density at radius 1 is 0.806 bits per heavy atom. The quantitative estimate of drug-likeness (QED) is 0.384. The zero-order valence-electron chi connectivity index (χ0n) is 15.9. The average molecular weight is 482 g/mol. The molecule has 0 saturated heterocycles. The van der Waals surface area contributed by atoms with Crippen LogP contribution in [0.25, 0.3) is 0 Å². The van der Waals surface area contributed by atoms with Crippen molar-refractivity contribution >= 4 is 48.7 Å². The van der Waals surface area contributed by atoms with E-state index in [0.717, 1.165) is 24.3 Å². The number of halogens is 1. The van der Waals surface area contributed by atoms with Crippen LogP contribution < -0.4 is 9.44 Å². The second-order valence-electron chi connectivity index (χ2n) is 6.45. The van der Waals surface area contributed by atoms with Crippen LogP contribution in [0.3, 0.4) is 0 Å². The van der Waals surface area contributed by atoms with E-state index in [2.05, 4.69) is 9.44 Å². The maximum absolute atomic E-state index is 12.7. The first-order valence-corrected chi connectivity index (χ1v) is 12.0. The normalized spacial score (nSPS) is 11.7. The Labute approximate surface area is 183 Å². The van der Waals surface area contributed by atoms with Gasteiger partial charge in [0.25, 0.3) is 25.7 Å². The zero-order valence-corrected chi connectivity index (χ0v) is 18.3. The largest absolute Gasteiger partial charge is 0.280 e. The van der Waals surface area contributed by atoms with E-state index in [9.17, 15) is 26.9 Å². The van der Waals surface area contributed by atoms with E-state index in [4.69, 9.17) is 11.6 Å². The fourth-order valence-electron chi connectivity index (χ4n) is 2.56. The summed E-state index contributed by atoms with van der Waals surface area (Å²) in [7, 11) is -8.11. The van der Waals surface area contributed by atoms with Crippen molar-refractivity contribution in [2.75, 3.05) is 9.44 Å². The molecule has 3 rings (SSSR count). The summed E-state index contributed by atoms with van der Waals surface area (Å²) in [6, 6.07) is 14.4. The fraction of sp³-hybridized carbons (Fsp3) is 0.0526. The molecule has 2 N–H and O–H groups in total. The van der Waals surface area contributed by atoms with Crippen molar-refractivity contribution < 1.29 is 21.8 Å². The van der Waals surface area contributed by atoms with Crippen molar-refractivity contribution in [3.63, 3.8) is 0 Å². The minimum Gasteiger partial charge on any atom is -0.280 e. The van der Waals surface area contributed by atoms with Gasteiger partial charge in [-0.1, -0.05) is 17.7 Å². The van der Waals surface area contributed by atoms with Crippen LogP contribution in [0.4, 0.5) is 17.1 Å². The van der Waals surface area contributed by atoms with E-state index in [1.165, 1.54) is 42.5 Å². The molecule has 0 aliphatic rings. The Kier molecular flexibility index (Phi) is 6.20. The maximum atomic E-state index is 12.7. The number of sulfonamides is 2. The minimum absolute atomic E-state index is 0.0531. The molecule has 0 bridgehead atoms. The first kappa shape index (κ1) is 22.5. The summed E-state index contributed by atoms with van der Waals surface area (Å²) in [6.45, 7) is 1.61. The van der Waals surface area contributed by atoms with Crippen LogP contribution in [0.5, 0.6) is 0 Å². The van der Waals surface area contributed by atoms with Crippen LogP contribution in [-0.4, -0.2) is 21.8 Å². The second kappa shape index (κ2) is 8.53. The molecule has 0 aliphatic heterocycles. The maximum Gasteiger partial charge on any atom is 0.269 e. The number of nitrogens with zero attached hydrogens (tertiary/aromatic N) is 1. The SMILES string of the molecule is Cc1ccc(S(=O)(=O)Nc2ccc(Cl)cc2)cc1NS(=O)(=O)c1ccc([N+](=O)[O-])cc1. The Hall–Kier alpha value is -3.15. The van der Waals surface area contributed by atoms with Gasteiger partial charge in [0, 0.05) is 22.8 Å². The Balaban J connectivity index is 1.89. The van der Waals surface area contributed by atoms with Gasteiger partial charge in [-0.25, -0.2) is 16.8 Å². The number of hydrogen-bond acceptors (Lipinski definition) is 6. The molecule has 0 spiro atoms. The van der Waals surface area contributed by atoms with Crippen molar-refractivity contribution in [3.8, 4) is 0 Å². The number of rotatable bonds is 7. The molecule has 0 unspecified atom stereocenters. The highest BCUT2D eigenvalue weighted by atomic mass is 35.5. The molecule has 12 heteroatoms. The average Bonchev–Trinajstić information content (AvgIpc) is 2.71. The third kappa shape index (κ3) is 5.32. The van der Waals surface area contributed by atoms with Crippen molar-refractivity contribution in [2.24, 2.45) is 0 Å². The Bertz CT molecular complexity index is 1340. The van der Waals surface area contributed by atoms with Gasteiger partial charge in [-0.15, -0.1) is 0 Å². The topological polar surface area (TPSA) is 135 Å². The molecule has 0 aromatic heterocycles. The van der Waals surface area contributed by atoms with Crippen LogP contribution in [0.1, 0.15) is 5.56 Å². The van der Waals surface area contributed by atoms with Gasteiger partial charge in [0.05, 0.1) is 20.4 Å². The summed E-state index contributed by atoms with van der Waals surface area (Å²) in [5, 5.41) is 11.2. The number of benzene rings is 3. The molecule has 0 aliphatic carbocycles. The van der Waals surface area contributed by atoms with Gasteiger partial charge in [-0.2, -0.15) is 0 Å². The molecule has 0 atom stereocenters. The number of non-ortho nitro benzene ring substituents is 1. The lowest BCUT2D eigenvalue weighted by Gasteiger charge is -2.13. The molecule has 0 fully saturated rings. The molecule has 0 amide bonds. The molecular formula is C19H16ClN3O6S2. The standard InChI is InChI=1S/C19H16ClN3O6S2/c1-13-2-9-18(31(28,29)21-15-5-3-14(20)4-6-15)12-19(13)22-30(26,27)17-10-7-16(8-11-17)23(24)25/h2-12,21-22H,1H3. The molecular weight excluding hydrogens is 466 g/mol. The van der Waals surface area contributed by atoms with E-state index in [1.807, 2.05) is 0 Å². The van der Waals surface area contributed by atoms with Gasteiger partial charge in [-0.3, -0.25) is 19.6 Å². The summed E-state index contributed by atoms with van der Waals surface area (Å²) in [5.41, 5.74) is 0.572. The van der Waals surface area contributed by atoms with Gasteiger partial charge in [0.15, 0.2) is 0 Å². The fourth-order valence-corrected chi connectivity index (χ4v) is 4.89. The first-order valence-electron chi connectivity index (χ1n) is 8.64. The van der Waals surface area contributed by atoms with Crippen LogP contribution >= 0.6 is 11.6 Å². The highest BCUT2D eigenvalue weighted by molar-refractivity contribution is 7.93. The summed E-state index contributed by atoms with van der Waals surface area (Å²) in [4.78, 5) is 9.74. The third-order valence-electron chi connectivity index (χ3n) is 4.22. The van der Waals surface area contributed by atoms with Crippen LogP contribution in [0.2, 0.25) is 5.02 Å². The van der Waals surface area contributed by atoms with Crippen molar-refractivity contribution in [3.05, 3.63) is 87.4 Å². The Morgan fingerprint density at radius 3 is 1.94 bits per heavy atom. The van der Waals surface area contributed by atoms with Gasteiger partial charge in [-0.05, 0) is 61.0 Å². The number of aryl methyl sites for hydroxylation is 1. The number of hydrogen-bond donors (Lipinski definition) is 2. The lowest BCUT2D eigenvalue weighted by molar-refractivity contribution is -0.384. The lowest BCUT2D eigenvalue weighted by Crippen LogP contribution is -2.16. The summed E-state index contributed by atoms with van der Waals surface area (Å²) in [6.07, 6.45) is 0. The summed E-state index contributed by atoms with van der Waals surface area (Å²) in [5.74, 6) is 0. The highest BCUT2D eigenvalue weighted by Crippen LogP contribution is 2.26. The molecule has 0 saturated carbocycles. The minimum atomic E-state index is -4.11. The second-order valence-corrected chi connectivity index (χ2v) is 10.2. The van der Waals surface area contributed by atoms with E-state index in [-0.39, 0.29) is 26.9 Å². The van der Waals surface area contributed by atoms with Crippen LogP contribution in [0, 0.1) is 17.0 Å². The van der Waals surface area contributed by atoms with Gasteiger partial charge in [0.1, 0.15) is 0 Å².